The van der Waals surface area contributed by atoms with Crippen LogP contribution in [0, 0.1) is 11.7 Å². The van der Waals surface area contributed by atoms with Gasteiger partial charge in [0.05, 0.1) is 24.1 Å². The number of benzene rings is 1. The Morgan fingerprint density at radius 2 is 2.10 bits per heavy atom. The lowest BCUT2D eigenvalue weighted by Gasteiger charge is -2.35. The van der Waals surface area contributed by atoms with Gasteiger partial charge >= 0.3 is 0 Å². The first kappa shape index (κ1) is 14.9. The van der Waals surface area contributed by atoms with E-state index in [1.165, 1.54) is 19.2 Å². The van der Waals surface area contributed by atoms with Crippen LogP contribution in [0.5, 0.6) is 5.75 Å². The minimum atomic E-state index is -0.708. The van der Waals surface area contributed by atoms with E-state index in [9.17, 15) is 9.50 Å². The quantitative estimate of drug-likeness (QED) is 0.743. The van der Waals surface area contributed by atoms with Gasteiger partial charge in [-0.15, -0.1) is 0 Å². The van der Waals surface area contributed by atoms with E-state index in [-0.39, 0.29) is 5.75 Å². The van der Waals surface area contributed by atoms with Gasteiger partial charge in [-0.2, -0.15) is 0 Å². The molecule has 0 radical (unpaired) electrons. The molecule has 1 aliphatic carbocycles. The highest BCUT2D eigenvalue weighted by atomic mass is 19.1. The third-order valence-electron chi connectivity index (χ3n) is 4.14. The SMILES string of the molecule is COc1cc(NCC2(O)CCC(C)CC2)c(N)cc1F. The van der Waals surface area contributed by atoms with Crippen LogP contribution in [-0.2, 0) is 0 Å². The zero-order chi connectivity index (χ0) is 14.8. The smallest absolute Gasteiger partial charge is 0.167 e. The lowest BCUT2D eigenvalue weighted by Crippen LogP contribution is -2.40. The highest BCUT2D eigenvalue weighted by Crippen LogP contribution is 2.33. The largest absolute Gasteiger partial charge is 0.494 e. The Labute approximate surface area is 119 Å². The summed E-state index contributed by atoms with van der Waals surface area (Å²) in [6.45, 7) is 2.62. The normalized spacial score (nSPS) is 26.3. The number of nitrogen functional groups attached to an aromatic ring is 1. The van der Waals surface area contributed by atoms with Crippen LogP contribution in [-0.4, -0.2) is 24.4 Å². The van der Waals surface area contributed by atoms with Gasteiger partial charge in [-0.05, 0) is 31.6 Å². The Bertz CT molecular complexity index is 471. The molecule has 2 rings (SSSR count). The van der Waals surface area contributed by atoms with Crippen molar-refractivity contribution >= 4 is 11.4 Å². The van der Waals surface area contributed by atoms with E-state index in [1.807, 2.05) is 0 Å². The molecule has 5 heteroatoms. The molecule has 112 valence electrons. The number of aliphatic hydroxyl groups is 1. The van der Waals surface area contributed by atoms with Crippen LogP contribution in [0.3, 0.4) is 0 Å². The monoisotopic (exact) mass is 282 g/mol. The summed E-state index contributed by atoms with van der Waals surface area (Å²) in [6, 6.07) is 2.76. The first-order chi connectivity index (χ1) is 9.43. The Kier molecular flexibility index (Phi) is 4.38. The molecular formula is C15H23FN2O2. The molecule has 4 N–H and O–H groups in total. The van der Waals surface area contributed by atoms with E-state index in [4.69, 9.17) is 10.5 Å². The summed E-state index contributed by atoms with van der Waals surface area (Å²) in [4.78, 5) is 0. The zero-order valence-corrected chi connectivity index (χ0v) is 12.1. The van der Waals surface area contributed by atoms with E-state index < -0.39 is 11.4 Å². The minimum absolute atomic E-state index is 0.144. The summed E-state index contributed by atoms with van der Waals surface area (Å²) in [5, 5.41) is 13.6. The van der Waals surface area contributed by atoms with E-state index in [2.05, 4.69) is 12.2 Å². The van der Waals surface area contributed by atoms with Crippen LogP contribution in [0.15, 0.2) is 12.1 Å². The summed E-state index contributed by atoms with van der Waals surface area (Å²) >= 11 is 0. The molecule has 0 saturated heterocycles. The molecule has 0 amide bonds. The first-order valence-corrected chi connectivity index (χ1v) is 7.03. The van der Waals surface area contributed by atoms with Crippen molar-refractivity contribution < 1.29 is 14.2 Å². The average Bonchev–Trinajstić information content (AvgIpc) is 2.42. The van der Waals surface area contributed by atoms with Crippen molar-refractivity contribution in [1.29, 1.82) is 0 Å². The second-order valence-corrected chi connectivity index (χ2v) is 5.83. The molecule has 20 heavy (non-hydrogen) atoms. The molecule has 1 aromatic carbocycles. The zero-order valence-electron chi connectivity index (χ0n) is 12.1. The van der Waals surface area contributed by atoms with Crippen molar-refractivity contribution in [3.05, 3.63) is 17.9 Å². The summed E-state index contributed by atoms with van der Waals surface area (Å²) < 4.78 is 18.4. The molecule has 0 aliphatic heterocycles. The number of nitrogens with two attached hydrogens (primary N) is 1. The molecule has 4 nitrogen and oxygen atoms in total. The van der Waals surface area contributed by atoms with Crippen molar-refractivity contribution in [2.45, 2.75) is 38.2 Å². The Morgan fingerprint density at radius 3 is 2.70 bits per heavy atom. The van der Waals surface area contributed by atoms with E-state index in [0.29, 0.717) is 23.8 Å². The van der Waals surface area contributed by atoms with Gasteiger partial charge in [0, 0.05) is 18.7 Å². The van der Waals surface area contributed by atoms with Gasteiger partial charge in [-0.3, -0.25) is 0 Å². The molecule has 0 spiro atoms. The second-order valence-electron chi connectivity index (χ2n) is 5.83. The highest BCUT2D eigenvalue weighted by Gasteiger charge is 2.31. The summed E-state index contributed by atoms with van der Waals surface area (Å²) in [5.41, 5.74) is 5.99. The fourth-order valence-electron chi connectivity index (χ4n) is 2.61. The molecule has 1 fully saturated rings. The third kappa shape index (κ3) is 3.33. The van der Waals surface area contributed by atoms with Crippen molar-refractivity contribution in [3.63, 3.8) is 0 Å². The fourth-order valence-corrected chi connectivity index (χ4v) is 2.61. The van der Waals surface area contributed by atoms with Crippen molar-refractivity contribution in [2.75, 3.05) is 24.7 Å². The van der Waals surface area contributed by atoms with Crippen LogP contribution in [0.4, 0.5) is 15.8 Å². The molecule has 0 atom stereocenters. The van der Waals surface area contributed by atoms with Gasteiger partial charge in [0.15, 0.2) is 11.6 Å². The standard InChI is InChI=1S/C15H23FN2O2/c1-10-3-5-15(19,6-4-10)9-18-13-8-14(20-2)11(16)7-12(13)17/h7-8,10,18-19H,3-6,9,17H2,1-2H3. The third-order valence-corrected chi connectivity index (χ3v) is 4.14. The number of rotatable bonds is 4. The van der Waals surface area contributed by atoms with E-state index in [0.717, 1.165) is 25.7 Å². The van der Waals surface area contributed by atoms with Crippen LogP contribution < -0.4 is 15.8 Å². The highest BCUT2D eigenvalue weighted by molar-refractivity contribution is 5.68. The molecule has 0 heterocycles. The number of anilines is 2. The van der Waals surface area contributed by atoms with Gasteiger partial charge < -0.3 is 20.9 Å². The fraction of sp³-hybridized carbons (Fsp3) is 0.600. The summed E-state index contributed by atoms with van der Waals surface area (Å²) in [5.74, 6) is 0.331. The number of halogens is 1. The summed E-state index contributed by atoms with van der Waals surface area (Å²) in [7, 11) is 1.41. The van der Waals surface area contributed by atoms with Gasteiger partial charge in [-0.25, -0.2) is 4.39 Å². The Balaban J connectivity index is 2.03. The lowest BCUT2D eigenvalue weighted by molar-refractivity contribution is 0.00502. The first-order valence-electron chi connectivity index (χ1n) is 7.03. The molecule has 1 aliphatic rings. The number of methoxy groups -OCH3 is 1. The maximum atomic E-state index is 13.5. The molecule has 0 bridgehead atoms. The van der Waals surface area contributed by atoms with Crippen molar-refractivity contribution in [3.8, 4) is 5.75 Å². The molecule has 1 aromatic rings. The van der Waals surface area contributed by atoms with Crippen LogP contribution in [0.2, 0.25) is 0 Å². The van der Waals surface area contributed by atoms with Crippen LogP contribution in [0.25, 0.3) is 0 Å². The van der Waals surface area contributed by atoms with Gasteiger partial charge in [-0.1, -0.05) is 6.92 Å². The predicted molar refractivity (Wildman–Crippen MR) is 78.4 cm³/mol. The van der Waals surface area contributed by atoms with E-state index >= 15 is 0 Å². The number of nitrogens with one attached hydrogen (secondary N) is 1. The van der Waals surface area contributed by atoms with Crippen molar-refractivity contribution in [1.82, 2.24) is 0 Å². The molecular weight excluding hydrogens is 259 g/mol. The number of ether oxygens (including phenoxy) is 1. The Hall–Kier alpha value is -1.49. The number of hydrogen-bond acceptors (Lipinski definition) is 4. The summed E-state index contributed by atoms with van der Waals surface area (Å²) in [6.07, 6.45) is 3.61. The van der Waals surface area contributed by atoms with E-state index in [1.54, 1.807) is 0 Å². The molecule has 0 unspecified atom stereocenters. The van der Waals surface area contributed by atoms with Gasteiger partial charge in [0.25, 0.3) is 0 Å². The Morgan fingerprint density at radius 1 is 1.45 bits per heavy atom. The second kappa shape index (κ2) is 5.87. The topological polar surface area (TPSA) is 67.5 Å². The molecule has 0 aromatic heterocycles. The maximum Gasteiger partial charge on any atom is 0.167 e. The lowest BCUT2D eigenvalue weighted by atomic mass is 9.79. The van der Waals surface area contributed by atoms with Gasteiger partial charge in [0.1, 0.15) is 0 Å². The van der Waals surface area contributed by atoms with Gasteiger partial charge in [0.2, 0.25) is 0 Å². The predicted octanol–water partition coefficient (Wildman–Crippen LogP) is 2.77. The average molecular weight is 282 g/mol. The van der Waals surface area contributed by atoms with Crippen LogP contribution >= 0.6 is 0 Å². The van der Waals surface area contributed by atoms with Crippen molar-refractivity contribution in [2.24, 2.45) is 5.92 Å². The molecule has 1 saturated carbocycles. The van der Waals surface area contributed by atoms with Crippen LogP contribution in [0.1, 0.15) is 32.6 Å². The number of hydrogen-bond donors (Lipinski definition) is 3. The maximum absolute atomic E-state index is 13.5. The minimum Gasteiger partial charge on any atom is -0.494 e.